The van der Waals surface area contributed by atoms with Gasteiger partial charge < -0.3 is 27.8 Å². The second kappa shape index (κ2) is 23.3. The normalized spacial score (nSPS) is 12.5. The molecule has 2 heterocycles. The van der Waals surface area contributed by atoms with Crippen LogP contribution in [0.5, 0.6) is 11.5 Å². The summed E-state index contributed by atoms with van der Waals surface area (Å²) in [5, 5.41) is 0.952. The Hall–Kier alpha value is -6.09. The summed E-state index contributed by atoms with van der Waals surface area (Å²) in [4.78, 5) is 38.9. The predicted octanol–water partition coefficient (Wildman–Crippen LogP) is 14.0. The molecular formula is C53H56F6O9. The fourth-order valence-corrected chi connectivity index (χ4v) is 7.96. The topological polar surface area (TPSA) is 114 Å². The van der Waals surface area contributed by atoms with Crippen LogP contribution in [0.4, 0.5) is 26.3 Å². The Balaban J connectivity index is 1.24. The number of halogens is 6. The molecule has 2 aromatic heterocycles. The number of aryl methyl sites for hydroxylation is 4. The largest absolute Gasteiger partial charge is 0.573 e. The molecule has 0 aliphatic carbocycles. The first kappa shape index (κ1) is 51.3. The van der Waals surface area contributed by atoms with Crippen LogP contribution < -0.4 is 20.7 Å². The number of ether oxygens (including phenoxy) is 4. The standard InChI is InChI=1S/C53H56F6O9/c1-5-8-10-12-34-16-22-41(47(28-34)67-52(54,55)56)43-30-38-26-36(18-24-45(38)65-50(43)61)14-20-40(63-32-64-49(60)33(4)7-3)21-15-37-19-25-46-39(27-37)31-44(51(62)66-46)42-23-17-35(13-11-9-6-2)29-48(42)68-53(57,58)59/h16-19,22-31,33,40H,5-15,20-21,32H2,1-4H3. The van der Waals surface area contributed by atoms with E-state index in [1.807, 2.05) is 20.8 Å². The number of carbonyl (C=O) groups excluding carboxylic acids is 1. The molecule has 0 aliphatic heterocycles. The Labute approximate surface area is 390 Å². The van der Waals surface area contributed by atoms with Crippen LogP contribution in [0.2, 0.25) is 0 Å². The first-order valence-corrected chi connectivity index (χ1v) is 23.1. The summed E-state index contributed by atoms with van der Waals surface area (Å²) < 4.78 is 113. The molecule has 0 saturated carbocycles. The minimum atomic E-state index is -5.00. The van der Waals surface area contributed by atoms with E-state index in [1.165, 1.54) is 36.4 Å². The molecule has 0 amide bonds. The van der Waals surface area contributed by atoms with Crippen LogP contribution in [0.3, 0.4) is 0 Å². The van der Waals surface area contributed by atoms with Gasteiger partial charge in [0.25, 0.3) is 0 Å². The van der Waals surface area contributed by atoms with E-state index >= 15 is 0 Å². The molecule has 9 nitrogen and oxygen atoms in total. The third kappa shape index (κ3) is 14.5. The van der Waals surface area contributed by atoms with E-state index in [0.717, 1.165) is 49.7 Å². The number of benzene rings is 4. The van der Waals surface area contributed by atoms with E-state index in [0.29, 0.717) is 66.8 Å². The zero-order valence-electron chi connectivity index (χ0n) is 38.6. The number of hydrogen-bond donors (Lipinski definition) is 0. The van der Waals surface area contributed by atoms with Gasteiger partial charge in [-0.05, 0) is 129 Å². The lowest BCUT2D eigenvalue weighted by atomic mass is 9.97. The summed E-state index contributed by atoms with van der Waals surface area (Å²) in [6.07, 6.45) is -1.75. The zero-order chi connectivity index (χ0) is 49.0. The quantitative estimate of drug-likeness (QED) is 0.0204. The van der Waals surface area contributed by atoms with Crippen LogP contribution in [-0.4, -0.2) is 31.6 Å². The second-order valence-electron chi connectivity index (χ2n) is 17.1. The van der Waals surface area contributed by atoms with Crippen molar-refractivity contribution in [3.8, 4) is 33.8 Å². The van der Waals surface area contributed by atoms with Gasteiger partial charge in [0.2, 0.25) is 0 Å². The van der Waals surface area contributed by atoms with E-state index in [4.69, 9.17) is 18.3 Å². The van der Waals surface area contributed by atoms with Crippen molar-refractivity contribution >= 4 is 27.9 Å². The van der Waals surface area contributed by atoms with Gasteiger partial charge in [0.1, 0.15) is 22.7 Å². The molecule has 0 bridgehead atoms. The van der Waals surface area contributed by atoms with Crippen molar-refractivity contribution in [3.05, 3.63) is 128 Å². The fraction of sp³-hybridized carbons (Fsp3) is 0.415. The molecule has 0 spiro atoms. The SMILES string of the molecule is CCCCCc1ccc(-c2cc3cc(CCC(CCc4ccc5oc(=O)c(-c6ccc(CCCCC)cc6OC(F)(F)F)cc5c4)OCOC(=O)C(C)CC)ccc3oc2=O)c(OC(F)(F)F)c1. The molecule has 364 valence electrons. The Kier molecular flexibility index (Phi) is 17.6. The highest BCUT2D eigenvalue weighted by Crippen LogP contribution is 2.37. The number of hydrogen-bond acceptors (Lipinski definition) is 9. The highest BCUT2D eigenvalue weighted by Gasteiger charge is 2.34. The van der Waals surface area contributed by atoms with Crippen molar-refractivity contribution in [1.29, 1.82) is 0 Å². The molecule has 15 heteroatoms. The van der Waals surface area contributed by atoms with Crippen LogP contribution >= 0.6 is 0 Å². The minimum Gasteiger partial charge on any atom is -0.438 e. The van der Waals surface area contributed by atoms with Gasteiger partial charge in [-0.1, -0.05) is 89.8 Å². The number of esters is 1. The lowest BCUT2D eigenvalue weighted by molar-refractivity contribution is -0.275. The molecule has 0 saturated heterocycles. The van der Waals surface area contributed by atoms with E-state index in [-0.39, 0.29) is 46.1 Å². The third-order valence-electron chi connectivity index (χ3n) is 11.9. The average Bonchev–Trinajstić information content (AvgIpc) is 3.28. The highest BCUT2D eigenvalue weighted by molar-refractivity contribution is 5.85. The molecule has 1 unspecified atom stereocenters. The van der Waals surface area contributed by atoms with Gasteiger partial charge in [-0.15, -0.1) is 26.3 Å². The average molecular weight is 951 g/mol. The maximum atomic E-state index is 13.6. The molecule has 0 N–H and O–H groups in total. The number of rotatable bonds is 23. The Bertz CT molecular complexity index is 2600. The van der Waals surface area contributed by atoms with Crippen LogP contribution in [0.25, 0.3) is 44.2 Å². The van der Waals surface area contributed by atoms with Crippen molar-refractivity contribution in [2.45, 2.75) is 130 Å². The van der Waals surface area contributed by atoms with Gasteiger partial charge in [0, 0.05) is 21.9 Å². The van der Waals surface area contributed by atoms with Gasteiger partial charge in [0.15, 0.2) is 6.79 Å². The first-order chi connectivity index (χ1) is 32.4. The van der Waals surface area contributed by atoms with Crippen molar-refractivity contribution < 1.29 is 58.9 Å². The van der Waals surface area contributed by atoms with Crippen molar-refractivity contribution in [1.82, 2.24) is 0 Å². The maximum Gasteiger partial charge on any atom is 0.573 e. The van der Waals surface area contributed by atoms with Gasteiger partial charge in [-0.2, -0.15) is 0 Å². The fourth-order valence-electron chi connectivity index (χ4n) is 7.96. The second-order valence-corrected chi connectivity index (χ2v) is 17.1. The number of carbonyl (C=O) groups is 1. The van der Waals surface area contributed by atoms with Gasteiger partial charge in [0.05, 0.1) is 23.1 Å². The number of unbranched alkanes of at least 4 members (excludes halogenated alkanes) is 4. The molecular weight excluding hydrogens is 895 g/mol. The number of fused-ring (bicyclic) bond motifs is 2. The molecule has 1 atom stereocenters. The van der Waals surface area contributed by atoms with Crippen molar-refractivity contribution in [2.24, 2.45) is 5.92 Å². The smallest absolute Gasteiger partial charge is 0.438 e. The van der Waals surface area contributed by atoms with E-state index in [2.05, 4.69) is 9.47 Å². The summed E-state index contributed by atoms with van der Waals surface area (Å²) in [6, 6.07) is 22.2. The van der Waals surface area contributed by atoms with E-state index in [1.54, 1.807) is 55.5 Å². The summed E-state index contributed by atoms with van der Waals surface area (Å²) in [6.45, 7) is 7.37. The van der Waals surface area contributed by atoms with Crippen LogP contribution in [0, 0.1) is 5.92 Å². The maximum absolute atomic E-state index is 13.6. The molecule has 0 aliphatic rings. The minimum absolute atomic E-state index is 0.0536. The van der Waals surface area contributed by atoms with E-state index < -0.39 is 47.5 Å². The highest BCUT2D eigenvalue weighted by atomic mass is 19.4. The van der Waals surface area contributed by atoms with Crippen molar-refractivity contribution in [2.75, 3.05) is 6.79 Å². The molecule has 0 radical (unpaired) electrons. The molecule has 4 aromatic carbocycles. The summed E-state index contributed by atoms with van der Waals surface area (Å²) in [5.74, 6) is -1.73. The summed E-state index contributed by atoms with van der Waals surface area (Å²) in [5.41, 5.74) is 1.44. The van der Waals surface area contributed by atoms with E-state index in [9.17, 15) is 40.7 Å². The van der Waals surface area contributed by atoms with Gasteiger partial charge in [-0.3, -0.25) is 4.79 Å². The third-order valence-corrected chi connectivity index (χ3v) is 11.9. The summed E-state index contributed by atoms with van der Waals surface area (Å²) in [7, 11) is 0. The van der Waals surface area contributed by atoms with Gasteiger partial charge in [-0.25, -0.2) is 9.59 Å². The molecule has 6 aromatic rings. The van der Waals surface area contributed by atoms with Gasteiger partial charge >= 0.3 is 29.9 Å². The number of alkyl halides is 6. The Morgan fingerprint density at radius 3 is 1.40 bits per heavy atom. The monoisotopic (exact) mass is 950 g/mol. The molecule has 0 fully saturated rings. The van der Waals surface area contributed by atoms with Crippen LogP contribution in [-0.2, 0) is 40.0 Å². The lowest BCUT2D eigenvalue weighted by Crippen LogP contribution is -2.21. The van der Waals surface area contributed by atoms with Crippen LogP contribution in [0.15, 0.2) is 103 Å². The Morgan fingerprint density at radius 1 is 0.559 bits per heavy atom. The summed E-state index contributed by atoms with van der Waals surface area (Å²) >= 11 is 0. The molecule has 6 rings (SSSR count). The lowest BCUT2D eigenvalue weighted by Gasteiger charge is -2.19. The predicted molar refractivity (Wildman–Crippen MR) is 248 cm³/mol. The zero-order valence-corrected chi connectivity index (χ0v) is 38.6. The van der Waals surface area contributed by atoms with Crippen molar-refractivity contribution in [3.63, 3.8) is 0 Å². The van der Waals surface area contributed by atoms with Crippen LogP contribution in [0.1, 0.15) is 108 Å². The Morgan fingerprint density at radius 2 is 0.985 bits per heavy atom. The first-order valence-electron chi connectivity index (χ1n) is 23.1. The molecule has 68 heavy (non-hydrogen) atoms.